The van der Waals surface area contributed by atoms with Crippen molar-refractivity contribution < 1.29 is 4.74 Å². The molecule has 0 saturated carbocycles. The molecule has 1 atom stereocenters. The molecule has 0 fully saturated rings. The third-order valence-corrected chi connectivity index (χ3v) is 3.17. The van der Waals surface area contributed by atoms with Crippen LogP contribution in [0.3, 0.4) is 0 Å². The number of nitrogens with two attached hydrogens (primary N) is 1. The average Bonchev–Trinajstić information content (AvgIpc) is 2.22. The monoisotopic (exact) mass is 230 g/mol. The van der Waals surface area contributed by atoms with Gasteiger partial charge in [-0.05, 0) is 24.4 Å². The highest BCUT2D eigenvalue weighted by Crippen LogP contribution is 2.19. The van der Waals surface area contributed by atoms with E-state index in [0.717, 1.165) is 26.2 Å². The number of nitrogens with zero attached hydrogens (tertiary/aromatic N) is 1. The summed E-state index contributed by atoms with van der Waals surface area (Å²) in [6, 6.07) is 0.487. The van der Waals surface area contributed by atoms with Gasteiger partial charge in [0.25, 0.3) is 0 Å². The lowest BCUT2D eigenvalue weighted by atomic mass is 9.91. The number of methoxy groups -OCH3 is 1. The van der Waals surface area contributed by atoms with E-state index in [-0.39, 0.29) is 5.41 Å². The second kappa shape index (κ2) is 7.25. The molecule has 3 heteroatoms. The highest BCUT2D eigenvalue weighted by atomic mass is 16.5. The van der Waals surface area contributed by atoms with Crippen molar-refractivity contribution in [3.63, 3.8) is 0 Å². The Morgan fingerprint density at radius 1 is 1.31 bits per heavy atom. The Kier molecular flexibility index (Phi) is 7.20. The summed E-state index contributed by atoms with van der Waals surface area (Å²) in [5.74, 6) is 0.605. The van der Waals surface area contributed by atoms with Crippen molar-refractivity contribution in [1.29, 1.82) is 0 Å². The smallest absolute Gasteiger partial charge is 0.0620 e. The average molecular weight is 230 g/mol. The molecule has 0 saturated heterocycles. The van der Waals surface area contributed by atoms with Gasteiger partial charge in [-0.3, -0.25) is 4.90 Å². The molecule has 2 N–H and O–H groups in total. The fourth-order valence-corrected chi connectivity index (χ4v) is 1.97. The van der Waals surface area contributed by atoms with Gasteiger partial charge in [0.1, 0.15) is 0 Å². The first-order valence-corrected chi connectivity index (χ1v) is 6.31. The standard InChI is InChI=1S/C13H30N2O/c1-7-15(10-13(4,5)9-14)12(8-16-6)11(2)3/h11-12H,7-10,14H2,1-6H3. The van der Waals surface area contributed by atoms with Gasteiger partial charge in [0.15, 0.2) is 0 Å². The molecule has 0 amide bonds. The lowest BCUT2D eigenvalue weighted by Crippen LogP contribution is -2.48. The predicted molar refractivity (Wildman–Crippen MR) is 70.6 cm³/mol. The van der Waals surface area contributed by atoms with Crippen LogP contribution in [0, 0.1) is 11.3 Å². The first-order chi connectivity index (χ1) is 7.37. The molecule has 3 nitrogen and oxygen atoms in total. The molecular weight excluding hydrogens is 200 g/mol. The lowest BCUT2D eigenvalue weighted by Gasteiger charge is -2.38. The van der Waals surface area contributed by atoms with Gasteiger partial charge in [-0.1, -0.05) is 34.6 Å². The normalized spacial score (nSPS) is 14.8. The molecule has 0 aromatic heterocycles. The summed E-state index contributed by atoms with van der Waals surface area (Å²) in [5, 5.41) is 0. The molecule has 0 spiro atoms. The summed E-state index contributed by atoms with van der Waals surface area (Å²) in [6.45, 7) is 14.8. The largest absolute Gasteiger partial charge is 0.383 e. The van der Waals surface area contributed by atoms with Crippen LogP contribution in [0.1, 0.15) is 34.6 Å². The van der Waals surface area contributed by atoms with Gasteiger partial charge < -0.3 is 10.5 Å². The highest BCUT2D eigenvalue weighted by Gasteiger charge is 2.26. The van der Waals surface area contributed by atoms with E-state index in [1.807, 2.05) is 0 Å². The molecule has 0 rings (SSSR count). The Morgan fingerprint density at radius 2 is 1.88 bits per heavy atom. The minimum atomic E-state index is 0.177. The third kappa shape index (κ3) is 5.28. The van der Waals surface area contributed by atoms with E-state index >= 15 is 0 Å². The SMILES string of the molecule is CCN(CC(C)(C)CN)C(COC)C(C)C. The Bertz CT molecular complexity index is 181. The molecule has 0 aromatic rings. The summed E-state index contributed by atoms with van der Waals surface area (Å²) < 4.78 is 5.32. The van der Waals surface area contributed by atoms with E-state index in [4.69, 9.17) is 10.5 Å². The second-order valence-corrected chi connectivity index (χ2v) is 5.70. The van der Waals surface area contributed by atoms with Gasteiger partial charge in [0, 0.05) is 19.7 Å². The van der Waals surface area contributed by atoms with Crippen molar-refractivity contribution in [3.05, 3.63) is 0 Å². The van der Waals surface area contributed by atoms with Gasteiger partial charge in [-0.2, -0.15) is 0 Å². The Morgan fingerprint density at radius 3 is 2.19 bits per heavy atom. The van der Waals surface area contributed by atoms with E-state index in [1.165, 1.54) is 0 Å². The molecule has 98 valence electrons. The predicted octanol–water partition coefficient (Wildman–Crippen LogP) is 1.96. The van der Waals surface area contributed by atoms with E-state index in [9.17, 15) is 0 Å². The van der Waals surface area contributed by atoms with Crippen molar-refractivity contribution in [1.82, 2.24) is 4.90 Å². The zero-order valence-corrected chi connectivity index (χ0v) is 11.9. The maximum absolute atomic E-state index is 5.80. The van der Waals surface area contributed by atoms with Crippen LogP contribution in [-0.2, 0) is 4.74 Å². The van der Waals surface area contributed by atoms with Crippen molar-refractivity contribution in [2.24, 2.45) is 17.1 Å². The minimum Gasteiger partial charge on any atom is -0.383 e. The van der Waals surface area contributed by atoms with Crippen LogP contribution >= 0.6 is 0 Å². The van der Waals surface area contributed by atoms with Crippen molar-refractivity contribution in [3.8, 4) is 0 Å². The van der Waals surface area contributed by atoms with Crippen molar-refractivity contribution in [2.45, 2.75) is 40.7 Å². The van der Waals surface area contributed by atoms with Crippen LogP contribution in [0.4, 0.5) is 0 Å². The first-order valence-electron chi connectivity index (χ1n) is 6.31. The molecule has 1 unspecified atom stereocenters. The third-order valence-electron chi connectivity index (χ3n) is 3.17. The van der Waals surface area contributed by atoms with E-state index in [1.54, 1.807) is 7.11 Å². The lowest BCUT2D eigenvalue weighted by molar-refractivity contribution is 0.0456. The number of ether oxygens (including phenoxy) is 1. The maximum Gasteiger partial charge on any atom is 0.0620 e. The molecule has 0 aliphatic heterocycles. The summed E-state index contributed by atoms with van der Waals surface area (Å²) in [5.41, 5.74) is 5.98. The molecule has 0 aliphatic rings. The molecule has 0 aliphatic carbocycles. The Hall–Kier alpha value is -0.120. The summed E-state index contributed by atoms with van der Waals surface area (Å²) in [7, 11) is 1.78. The summed E-state index contributed by atoms with van der Waals surface area (Å²) in [6.07, 6.45) is 0. The minimum absolute atomic E-state index is 0.177. The first kappa shape index (κ1) is 15.9. The van der Waals surface area contributed by atoms with E-state index in [2.05, 4.69) is 39.5 Å². The fraction of sp³-hybridized carbons (Fsp3) is 1.00. The summed E-state index contributed by atoms with van der Waals surface area (Å²) >= 11 is 0. The van der Waals surface area contributed by atoms with Crippen molar-refractivity contribution in [2.75, 3.05) is 33.4 Å². The quantitative estimate of drug-likeness (QED) is 0.693. The fourth-order valence-electron chi connectivity index (χ4n) is 1.97. The van der Waals surface area contributed by atoms with Gasteiger partial charge in [0.05, 0.1) is 6.61 Å². The van der Waals surface area contributed by atoms with Gasteiger partial charge in [0.2, 0.25) is 0 Å². The molecule has 0 heterocycles. The Labute approximate surface area is 101 Å². The zero-order chi connectivity index (χ0) is 12.8. The molecule has 0 radical (unpaired) electrons. The zero-order valence-electron chi connectivity index (χ0n) is 11.9. The topological polar surface area (TPSA) is 38.5 Å². The summed E-state index contributed by atoms with van der Waals surface area (Å²) in [4.78, 5) is 2.49. The van der Waals surface area contributed by atoms with E-state index < -0.39 is 0 Å². The maximum atomic E-state index is 5.80. The van der Waals surface area contributed by atoms with Crippen LogP contribution in [0.5, 0.6) is 0 Å². The van der Waals surface area contributed by atoms with Gasteiger partial charge >= 0.3 is 0 Å². The molecule has 16 heavy (non-hydrogen) atoms. The molecular formula is C13H30N2O. The van der Waals surface area contributed by atoms with Gasteiger partial charge in [-0.15, -0.1) is 0 Å². The number of rotatable bonds is 8. The number of hydrogen-bond acceptors (Lipinski definition) is 3. The van der Waals surface area contributed by atoms with Gasteiger partial charge in [-0.25, -0.2) is 0 Å². The van der Waals surface area contributed by atoms with Crippen LogP contribution in [-0.4, -0.2) is 44.3 Å². The second-order valence-electron chi connectivity index (χ2n) is 5.70. The highest BCUT2D eigenvalue weighted by molar-refractivity contribution is 4.80. The number of likely N-dealkylation sites (N-methyl/N-ethyl adjacent to an activating group) is 1. The van der Waals surface area contributed by atoms with Crippen LogP contribution in [0.15, 0.2) is 0 Å². The van der Waals surface area contributed by atoms with E-state index in [0.29, 0.717) is 12.0 Å². The molecule has 0 aromatic carbocycles. The van der Waals surface area contributed by atoms with Crippen LogP contribution in [0.2, 0.25) is 0 Å². The van der Waals surface area contributed by atoms with Crippen molar-refractivity contribution >= 4 is 0 Å². The van der Waals surface area contributed by atoms with Crippen LogP contribution < -0.4 is 5.73 Å². The Balaban J connectivity index is 4.54. The number of hydrogen-bond donors (Lipinski definition) is 1. The molecule has 0 bridgehead atoms. The van der Waals surface area contributed by atoms with Crippen LogP contribution in [0.25, 0.3) is 0 Å².